The van der Waals surface area contributed by atoms with Crippen LogP contribution < -0.4 is 25.3 Å². The minimum Gasteiger partial charge on any atom is -0.489 e. The van der Waals surface area contributed by atoms with E-state index in [-0.39, 0.29) is 65.6 Å². The molecular weight excluding hydrogens is 562 g/mol. The van der Waals surface area contributed by atoms with E-state index < -0.39 is 41.3 Å². The Bertz CT molecular complexity index is 1480. The van der Waals surface area contributed by atoms with E-state index in [0.717, 1.165) is 31.0 Å². The van der Waals surface area contributed by atoms with Gasteiger partial charge in [-0.1, -0.05) is 0 Å². The number of carbonyl (C=O) groups excluding carboxylic acids is 1. The molecule has 1 aromatic heterocycles. The largest absolute Gasteiger partial charge is 0.489 e. The predicted octanol–water partition coefficient (Wildman–Crippen LogP) is 3.55. The van der Waals surface area contributed by atoms with Gasteiger partial charge in [0.05, 0.1) is 30.5 Å². The molecule has 5 rings (SSSR count). The molecule has 42 heavy (non-hydrogen) atoms. The normalized spacial score (nSPS) is 19.4. The van der Waals surface area contributed by atoms with Gasteiger partial charge < -0.3 is 35.5 Å². The first kappa shape index (κ1) is 29.5. The van der Waals surface area contributed by atoms with Crippen molar-refractivity contribution >= 4 is 5.91 Å². The molecule has 13 heteroatoms. The minimum atomic E-state index is -5.28. The number of nitrogens with one attached hydrogen (secondary N) is 1. The third-order valence-corrected chi connectivity index (χ3v) is 6.99. The summed E-state index contributed by atoms with van der Waals surface area (Å²) in [6.45, 7) is -0.0670. The smallest absolute Gasteiger partial charge is 0.424 e. The van der Waals surface area contributed by atoms with Crippen molar-refractivity contribution in [2.24, 2.45) is 5.73 Å². The van der Waals surface area contributed by atoms with Crippen LogP contribution in [-0.2, 0) is 11.1 Å². The van der Waals surface area contributed by atoms with E-state index in [9.17, 15) is 27.5 Å². The van der Waals surface area contributed by atoms with Gasteiger partial charge >= 0.3 is 6.18 Å². The topological polar surface area (TPSA) is 136 Å². The first-order valence-electron chi connectivity index (χ1n) is 13.2. The molecule has 1 aliphatic heterocycles. The van der Waals surface area contributed by atoms with E-state index in [1.165, 1.54) is 30.3 Å². The molecule has 5 N–H and O–H groups in total. The summed E-state index contributed by atoms with van der Waals surface area (Å²) in [5.41, 5.74) is 0.935. The van der Waals surface area contributed by atoms with E-state index >= 15 is 0 Å². The molecule has 0 saturated heterocycles. The van der Waals surface area contributed by atoms with Crippen molar-refractivity contribution < 1.29 is 46.8 Å². The number of fused-ring (bicyclic) bond motifs is 1. The maximum absolute atomic E-state index is 14.5. The molecule has 2 atom stereocenters. The van der Waals surface area contributed by atoms with Gasteiger partial charge in [-0.3, -0.25) is 4.79 Å². The van der Waals surface area contributed by atoms with Gasteiger partial charge in [0, 0.05) is 16.7 Å². The third kappa shape index (κ3) is 5.85. The Hall–Kier alpha value is -3.94. The molecule has 1 fully saturated rings. The number of aromatic nitrogens is 1. The highest BCUT2D eigenvalue weighted by atomic mass is 19.4. The van der Waals surface area contributed by atoms with Gasteiger partial charge in [-0.05, 0) is 68.3 Å². The zero-order chi connectivity index (χ0) is 30.3. The van der Waals surface area contributed by atoms with Crippen LogP contribution in [0.3, 0.4) is 0 Å². The van der Waals surface area contributed by atoms with Crippen LogP contribution in [0.4, 0.5) is 17.6 Å². The molecule has 9 nitrogen and oxygen atoms in total. The van der Waals surface area contributed by atoms with Gasteiger partial charge in [-0.15, -0.1) is 0 Å². The molecule has 1 aliphatic carbocycles. The summed E-state index contributed by atoms with van der Waals surface area (Å²) in [6, 6.07) is 9.95. The zero-order valence-corrected chi connectivity index (χ0v) is 22.5. The first-order valence-corrected chi connectivity index (χ1v) is 13.2. The van der Waals surface area contributed by atoms with E-state index in [0.29, 0.717) is 0 Å². The molecule has 2 aliphatic rings. The van der Waals surface area contributed by atoms with Crippen molar-refractivity contribution in [3.05, 3.63) is 71.2 Å². The third-order valence-electron chi connectivity index (χ3n) is 6.99. The highest BCUT2D eigenvalue weighted by Crippen LogP contribution is 2.46. The number of amides is 1. The van der Waals surface area contributed by atoms with E-state index in [1.54, 1.807) is 6.92 Å². The van der Waals surface area contributed by atoms with Crippen LogP contribution >= 0.6 is 0 Å². The monoisotopic (exact) mass is 591 g/mol. The molecule has 0 spiro atoms. The summed E-state index contributed by atoms with van der Waals surface area (Å²) in [4.78, 5) is 17.1. The molecular formula is C29H29F4N3O6. The minimum absolute atomic E-state index is 0.0221. The van der Waals surface area contributed by atoms with Gasteiger partial charge in [0.25, 0.3) is 5.91 Å². The van der Waals surface area contributed by atoms with Gasteiger partial charge in [-0.25, -0.2) is 9.37 Å². The number of halogens is 4. The lowest BCUT2D eigenvalue weighted by molar-refractivity contribution is -0.265. The van der Waals surface area contributed by atoms with Crippen molar-refractivity contribution in [1.82, 2.24) is 10.3 Å². The second-order valence-corrected chi connectivity index (χ2v) is 10.5. The average molecular weight is 592 g/mol. The fourth-order valence-corrected chi connectivity index (χ4v) is 4.45. The number of rotatable bonds is 10. The Labute approximate surface area is 238 Å². The first-order chi connectivity index (χ1) is 19.8. The molecule has 3 aromatic rings. The van der Waals surface area contributed by atoms with Crippen molar-refractivity contribution in [3.8, 4) is 28.5 Å². The lowest BCUT2D eigenvalue weighted by Crippen LogP contribution is -2.51. The Morgan fingerprint density at radius 3 is 2.52 bits per heavy atom. The van der Waals surface area contributed by atoms with Crippen LogP contribution in [0.5, 0.6) is 17.2 Å². The predicted molar refractivity (Wildman–Crippen MR) is 142 cm³/mol. The molecule has 1 amide bonds. The number of carbonyl (C=O) groups is 1. The molecule has 1 unspecified atom stereocenters. The number of ether oxygens (including phenoxy) is 3. The number of hydrogen-bond donors (Lipinski definition) is 4. The van der Waals surface area contributed by atoms with Gasteiger partial charge in [-0.2, -0.15) is 13.2 Å². The Morgan fingerprint density at radius 2 is 1.88 bits per heavy atom. The van der Waals surface area contributed by atoms with Crippen molar-refractivity contribution in [2.75, 3.05) is 26.4 Å². The maximum atomic E-state index is 14.5. The second kappa shape index (κ2) is 11.0. The van der Waals surface area contributed by atoms with Crippen molar-refractivity contribution in [3.63, 3.8) is 0 Å². The lowest BCUT2D eigenvalue weighted by atomic mass is 9.89. The number of pyridine rings is 1. The van der Waals surface area contributed by atoms with Gasteiger partial charge in [0.2, 0.25) is 5.60 Å². The van der Waals surface area contributed by atoms with Gasteiger partial charge in [0.1, 0.15) is 24.7 Å². The standard InChI is InChI=1S/C29H29F4N3O6/c1-27(34)15-41-25-20(27)13-23(36-24(25)16-2-5-18(30)6-3-16)28(39,29(31,32)33)14-35-26(38)17-4-9-21(40-11-10-37)22(12-17)42-19-7-8-19/h2-6,9,12-13,19,37,39H,7-8,10-11,14-15,34H2,1H3,(H,35,38)/t27-,28?/m1/s1. The summed E-state index contributed by atoms with van der Waals surface area (Å²) < 4.78 is 74.1. The Morgan fingerprint density at radius 1 is 1.17 bits per heavy atom. The van der Waals surface area contributed by atoms with Crippen LogP contribution in [-0.4, -0.2) is 59.7 Å². The van der Waals surface area contributed by atoms with E-state index in [4.69, 9.17) is 25.1 Å². The van der Waals surface area contributed by atoms with Crippen LogP contribution in [0, 0.1) is 5.82 Å². The fraction of sp³-hybridized carbons (Fsp3) is 0.379. The number of hydrogen-bond acceptors (Lipinski definition) is 8. The molecule has 0 radical (unpaired) electrons. The Kier molecular flexibility index (Phi) is 7.77. The number of nitrogens with two attached hydrogens (primary N) is 1. The molecule has 224 valence electrons. The summed E-state index contributed by atoms with van der Waals surface area (Å²) in [7, 11) is 0. The second-order valence-electron chi connectivity index (χ2n) is 10.5. The number of benzene rings is 2. The Balaban J connectivity index is 1.48. The summed E-state index contributed by atoms with van der Waals surface area (Å²) in [6.07, 6.45) is -3.76. The number of aliphatic hydroxyl groups is 2. The summed E-state index contributed by atoms with van der Waals surface area (Å²) in [5, 5.41) is 22.4. The molecule has 0 bridgehead atoms. The lowest BCUT2D eigenvalue weighted by Gasteiger charge is -2.31. The van der Waals surface area contributed by atoms with Crippen molar-refractivity contribution in [1.29, 1.82) is 0 Å². The summed E-state index contributed by atoms with van der Waals surface area (Å²) >= 11 is 0. The number of nitrogens with zero attached hydrogens (tertiary/aromatic N) is 1. The molecule has 1 saturated carbocycles. The molecule has 2 heterocycles. The van der Waals surface area contributed by atoms with E-state index in [2.05, 4.69) is 10.3 Å². The van der Waals surface area contributed by atoms with Crippen LogP contribution in [0.15, 0.2) is 48.5 Å². The zero-order valence-electron chi connectivity index (χ0n) is 22.5. The summed E-state index contributed by atoms with van der Waals surface area (Å²) in [5.74, 6) is -0.892. The SMILES string of the molecule is C[C@@]1(N)COc2c1cc(C(O)(CNC(=O)c1ccc(OCCO)c(OC3CC3)c1)C(F)(F)F)nc2-c1ccc(F)cc1. The van der Waals surface area contributed by atoms with Gasteiger partial charge in [0.15, 0.2) is 17.2 Å². The van der Waals surface area contributed by atoms with Crippen LogP contribution in [0.25, 0.3) is 11.3 Å². The van der Waals surface area contributed by atoms with Crippen LogP contribution in [0.2, 0.25) is 0 Å². The fourth-order valence-electron chi connectivity index (χ4n) is 4.45. The quantitative estimate of drug-likeness (QED) is 0.263. The number of alkyl halides is 3. The highest BCUT2D eigenvalue weighted by Gasteiger charge is 2.57. The number of aliphatic hydroxyl groups excluding tert-OH is 1. The van der Waals surface area contributed by atoms with Crippen molar-refractivity contribution in [2.45, 2.75) is 43.2 Å². The highest BCUT2D eigenvalue weighted by molar-refractivity contribution is 5.95. The maximum Gasteiger partial charge on any atom is 0.424 e. The van der Waals surface area contributed by atoms with Crippen LogP contribution in [0.1, 0.15) is 41.4 Å². The average Bonchev–Trinajstić information content (AvgIpc) is 3.71. The molecule has 2 aromatic carbocycles. The van der Waals surface area contributed by atoms with E-state index in [1.807, 2.05) is 0 Å².